The van der Waals surface area contributed by atoms with E-state index in [1.807, 2.05) is 40.0 Å². The maximum absolute atomic E-state index is 12.6. The third-order valence-electron chi connectivity index (χ3n) is 4.32. The van der Waals surface area contributed by atoms with Crippen LogP contribution in [0.3, 0.4) is 0 Å². The van der Waals surface area contributed by atoms with E-state index in [1.165, 1.54) is 0 Å². The van der Waals surface area contributed by atoms with Crippen molar-refractivity contribution in [2.45, 2.75) is 40.2 Å². The zero-order valence-electron chi connectivity index (χ0n) is 16.0. The predicted molar refractivity (Wildman–Crippen MR) is 109 cm³/mol. The number of nitrogens with one attached hydrogen (secondary N) is 2. The zero-order valence-corrected chi connectivity index (χ0v) is 16.7. The van der Waals surface area contributed by atoms with E-state index in [2.05, 4.69) is 25.3 Å². The summed E-state index contributed by atoms with van der Waals surface area (Å²) in [5, 5.41) is 4.70. The van der Waals surface area contributed by atoms with Crippen molar-refractivity contribution in [3.63, 3.8) is 0 Å². The molecule has 3 aromatic rings. The number of rotatable bonds is 7. The molecule has 0 saturated heterocycles. The molecule has 0 fully saturated rings. The summed E-state index contributed by atoms with van der Waals surface area (Å²) in [6.45, 7) is 8.17. The molecule has 0 saturated carbocycles. The highest BCUT2D eigenvalue weighted by Gasteiger charge is 2.23. The fourth-order valence-corrected chi connectivity index (χ4v) is 3.20. The van der Waals surface area contributed by atoms with Crippen molar-refractivity contribution >= 4 is 34.2 Å². The SMILES string of the molecule is CC(C)CC(=O)[C@H](Nc1ccnc(-c2c[nH]c3ncc(Cl)cc23)n1)C(C)C. The maximum atomic E-state index is 12.6. The third kappa shape index (κ3) is 4.45. The summed E-state index contributed by atoms with van der Waals surface area (Å²) in [7, 11) is 0. The van der Waals surface area contributed by atoms with Gasteiger partial charge in [-0.15, -0.1) is 0 Å². The van der Waals surface area contributed by atoms with Crippen LogP contribution in [-0.4, -0.2) is 31.8 Å². The molecule has 27 heavy (non-hydrogen) atoms. The molecule has 3 rings (SSSR count). The second-order valence-corrected chi connectivity index (χ2v) is 7.88. The van der Waals surface area contributed by atoms with E-state index in [0.29, 0.717) is 29.0 Å². The number of H-pyrrole nitrogens is 1. The second-order valence-electron chi connectivity index (χ2n) is 7.45. The minimum Gasteiger partial charge on any atom is -0.360 e. The molecule has 3 aromatic heterocycles. The van der Waals surface area contributed by atoms with Crippen LogP contribution in [0.15, 0.2) is 30.7 Å². The Kier molecular flexibility index (Phi) is 5.75. The molecule has 0 aromatic carbocycles. The van der Waals surface area contributed by atoms with Crippen LogP contribution in [0.2, 0.25) is 5.02 Å². The highest BCUT2D eigenvalue weighted by Crippen LogP contribution is 2.27. The van der Waals surface area contributed by atoms with Gasteiger partial charge in [-0.1, -0.05) is 39.3 Å². The van der Waals surface area contributed by atoms with Gasteiger partial charge in [-0.2, -0.15) is 0 Å². The summed E-state index contributed by atoms with van der Waals surface area (Å²) in [6.07, 6.45) is 5.64. The number of anilines is 1. The molecule has 6 nitrogen and oxygen atoms in total. The van der Waals surface area contributed by atoms with Crippen molar-refractivity contribution in [1.29, 1.82) is 0 Å². The van der Waals surface area contributed by atoms with Crippen LogP contribution in [0.1, 0.15) is 34.1 Å². The van der Waals surface area contributed by atoms with Gasteiger partial charge in [0.05, 0.1) is 11.1 Å². The molecule has 1 atom stereocenters. The topological polar surface area (TPSA) is 83.6 Å². The van der Waals surface area contributed by atoms with Gasteiger partial charge >= 0.3 is 0 Å². The summed E-state index contributed by atoms with van der Waals surface area (Å²) in [5.74, 6) is 1.85. The summed E-state index contributed by atoms with van der Waals surface area (Å²) >= 11 is 6.08. The van der Waals surface area contributed by atoms with Crippen LogP contribution in [0.4, 0.5) is 5.82 Å². The van der Waals surface area contributed by atoms with Crippen LogP contribution in [0, 0.1) is 11.8 Å². The summed E-state index contributed by atoms with van der Waals surface area (Å²) in [6, 6.07) is 3.33. The largest absolute Gasteiger partial charge is 0.360 e. The molecular formula is C20H24ClN5O. The average molecular weight is 386 g/mol. The molecule has 142 valence electrons. The number of aromatic nitrogens is 4. The Labute approximate surface area is 163 Å². The number of carbonyl (C=O) groups is 1. The van der Waals surface area contributed by atoms with E-state index < -0.39 is 0 Å². The van der Waals surface area contributed by atoms with Crippen LogP contribution in [-0.2, 0) is 4.79 Å². The number of hydrogen-bond acceptors (Lipinski definition) is 5. The van der Waals surface area contributed by atoms with E-state index in [4.69, 9.17) is 11.6 Å². The quantitative estimate of drug-likeness (QED) is 0.614. The minimum atomic E-state index is -0.283. The van der Waals surface area contributed by atoms with Gasteiger partial charge in [0.2, 0.25) is 0 Å². The lowest BCUT2D eigenvalue weighted by atomic mass is 9.94. The molecule has 0 aliphatic heterocycles. The molecule has 0 spiro atoms. The number of fused-ring (bicyclic) bond motifs is 1. The number of ketones is 1. The fraction of sp³-hybridized carbons (Fsp3) is 0.400. The molecule has 0 aliphatic carbocycles. The summed E-state index contributed by atoms with van der Waals surface area (Å²) < 4.78 is 0. The van der Waals surface area contributed by atoms with Gasteiger partial charge in [-0.25, -0.2) is 15.0 Å². The molecule has 0 amide bonds. The van der Waals surface area contributed by atoms with E-state index in [-0.39, 0.29) is 17.7 Å². The molecule has 2 N–H and O–H groups in total. The Hall–Kier alpha value is -2.47. The average Bonchev–Trinajstić information content (AvgIpc) is 3.02. The van der Waals surface area contributed by atoms with Gasteiger partial charge < -0.3 is 10.3 Å². The minimum absolute atomic E-state index is 0.158. The predicted octanol–water partition coefficient (Wildman–Crippen LogP) is 4.73. The Morgan fingerprint density at radius 2 is 2.04 bits per heavy atom. The van der Waals surface area contributed by atoms with Crippen molar-refractivity contribution in [2.24, 2.45) is 11.8 Å². The Balaban J connectivity index is 1.90. The number of carbonyl (C=O) groups excluding carboxylic acids is 1. The van der Waals surface area contributed by atoms with Gasteiger partial charge in [-0.05, 0) is 24.0 Å². The number of pyridine rings is 1. The smallest absolute Gasteiger partial charge is 0.163 e. The Morgan fingerprint density at radius 3 is 2.74 bits per heavy atom. The lowest BCUT2D eigenvalue weighted by Crippen LogP contribution is -2.35. The maximum Gasteiger partial charge on any atom is 0.163 e. The van der Waals surface area contributed by atoms with Crippen LogP contribution >= 0.6 is 11.6 Å². The highest BCUT2D eigenvalue weighted by atomic mass is 35.5. The second kappa shape index (κ2) is 8.05. The molecule has 0 bridgehead atoms. The molecule has 0 unspecified atom stereocenters. The lowest BCUT2D eigenvalue weighted by molar-refractivity contribution is -0.121. The lowest BCUT2D eigenvalue weighted by Gasteiger charge is -2.22. The highest BCUT2D eigenvalue weighted by molar-refractivity contribution is 6.31. The molecular weight excluding hydrogens is 362 g/mol. The van der Waals surface area contributed by atoms with Crippen molar-refractivity contribution in [1.82, 2.24) is 19.9 Å². The molecule has 0 radical (unpaired) electrons. The molecule has 3 heterocycles. The first kappa shape index (κ1) is 19.3. The summed E-state index contributed by atoms with van der Waals surface area (Å²) in [4.78, 5) is 29.0. The Morgan fingerprint density at radius 1 is 1.26 bits per heavy atom. The van der Waals surface area contributed by atoms with E-state index in [9.17, 15) is 4.79 Å². The van der Waals surface area contributed by atoms with Crippen LogP contribution in [0.25, 0.3) is 22.4 Å². The van der Waals surface area contributed by atoms with Crippen molar-refractivity contribution in [3.05, 3.63) is 35.7 Å². The van der Waals surface area contributed by atoms with Crippen molar-refractivity contribution in [2.75, 3.05) is 5.32 Å². The number of aromatic amines is 1. The monoisotopic (exact) mass is 385 g/mol. The van der Waals surface area contributed by atoms with Gasteiger partial charge in [0.25, 0.3) is 0 Å². The standard InChI is InChI=1S/C20H24ClN5O/c1-11(2)7-16(27)18(12(3)4)25-17-5-6-22-20(26-17)15-10-24-19-14(15)8-13(21)9-23-19/h5-6,8-12,18H,7H2,1-4H3,(H,23,24)(H,22,25,26)/t18-/m1/s1. The van der Waals surface area contributed by atoms with E-state index in [1.54, 1.807) is 18.5 Å². The first-order valence-electron chi connectivity index (χ1n) is 9.10. The molecule has 7 heteroatoms. The van der Waals surface area contributed by atoms with Crippen molar-refractivity contribution in [3.8, 4) is 11.4 Å². The third-order valence-corrected chi connectivity index (χ3v) is 4.53. The van der Waals surface area contributed by atoms with Gasteiger partial charge in [0.1, 0.15) is 11.5 Å². The fourth-order valence-electron chi connectivity index (χ4n) is 3.04. The van der Waals surface area contributed by atoms with Crippen molar-refractivity contribution < 1.29 is 4.79 Å². The first-order chi connectivity index (χ1) is 12.8. The van der Waals surface area contributed by atoms with Crippen LogP contribution in [0.5, 0.6) is 0 Å². The van der Waals surface area contributed by atoms with E-state index >= 15 is 0 Å². The number of Topliss-reactive ketones (excluding diaryl/α,β-unsaturated/α-hetero) is 1. The Bertz CT molecular complexity index is 950. The van der Waals surface area contributed by atoms with Gasteiger partial charge in [0, 0.05) is 36.0 Å². The van der Waals surface area contributed by atoms with E-state index in [0.717, 1.165) is 16.6 Å². The number of nitrogens with zero attached hydrogens (tertiary/aromatic N) is 3. The number of halogens is 1. The van der Waals surface area contributed by atoms with Gasteiger partial charge in [0.15, 0.2) is 11.6 Å². The molecule has 0 aliphatic rings. The van der Waals surface area contributed by atoms with Gasteiger partial charge in [-0.3, -0.25) is 4.79 Å². The first-order valence-corrected chi connectivity index (χ1v) is 9.48. The normalized spacial score (nSPS) is 12.7. The number of hydrogen-bond donors (Lipinski definition) is 2. The van der Waals surface area contributed by atoms with Crippen LogP contribution < -0.4 is 5.32 Å². The zero-order chi connectivity index (χ0) is 19.6. The summed E-state index contributed by atoms with van der Waals surface area (Å²) in [5.41, 5.74) is 1.54.